The smallest absolute Gasteiger partial charge is 0.256 e. The van der Waals surface area contributed by atoms with Gasteiger partial charge in [0.2, 0.25) is 0 Å². The minimum absolute atomic E-state index is 0.219. The Morgan fingerprint density at radius 1 is 0.730 bits per heavy atom. The Kier molecular flexibility index (Phi) is 6.64. The van der Waals surface area contributed by atoms with Gasteiger partial charge < -0.3 is 15.4 Å². The maximum Gasteiger partial charge on any atom is 0.256 e. The molecule has 0 atom stereocenters. The van der Waals surface area contributed by atoms with Crippen LogP contribution in [-0.4, -0.2) is 23.9 Å². The van der Waals surface area contributed by atoms with E-state index in [0.717, 1.165) is 27.8 Å². The van der Waals surface area contributed by atoms with Crippen molar-refractivity contribution in [3.8, 4) is 17.0 Å². The van der Waals surface area contributed by atoms with Crippen LogP contribution in [0.5, 0.6) is 5.75 Å². The number of hydrogen-bond donors (Lipinski definition) is 2. The van der Waals surface area contributed by atoms with E-state index >= 15 is 0 Å². The van der Waals surface area contributed by atoms with Crippen molar-refractivity contribution in [2.45, 2.75) is 6.92 Å². The van der Waals surface area contributed by atoms with Gasteiger partial charge in [-0.05, 0) is 73.2 Å². The molecule has 0 aliphatic heterocycles. The van der Waals surface area contributed by atoms with Crippen molar-refractivity contribution < 1.29 is 14.3 Å². The molecule has 0 radical (unpaired) electrons. The first kappa shape index (κ1) is 23.8. The van der Waals surface area contributed by atoms with E-state index in [2.05, 4.69) is 10.6 Å². The summed E-state index contributed by atoms with van der Waals surface area (Å²) < 4.78 is 5.27. The summed E-state index contributed by atoms with van der Waals surface area (Å²) >= 11 is 0. The molecule has 6 heteroatoms. The minimum Gasteiger partial charge on any atom is -0.497 e. The van der Waals surface area contributed by atoms with Gasteiger partial charge >= 0.3 is 0 Å². The van der Waals surface area contributed by atoms with Crippen LogP contribution in [0, 0.1) is 6.92 Å². The summed E-state index contributed by atoms with van der Waals surface area (Å²) in [6, 6.07) is 31.3. The van der Waals surface area contributed by atoms with Crippen molar-refractivity contribution in [1.82, 2.24) is 4.98 Å². The van der Waals surface area contributed by atoms with Crippen LogP contribution < -0.4 is 15.4 Å². The molecule has 6 nitrogen and oxygen atoms in total. The molecule has 0 saturated heterocycles. The number of carbonyl (C=O) groups excluding carboxylic acids is 2. The molecule has 2 amide bonds. The highest BCUT2D eigenvalue weighted by Gasteiger charge is 2.16. The third-order valence-corrected chi connectivity index (χ3v) is 6.09. The summed E-state index contributed by atoms with van der Waals surface area (Å²) in [6.07, 6.45) is 0. The summed E-state index contributed by atoms with van der Waals surface area (Å²) in [7, 11) is 1.62. The van der Waals surface area contributed by atoms with E-state index in [9.17, 15) is 9.59 Å². The fraction of sp³-hybridized carbons (Fsp3) is 0.0645. The second-order valence-electron chi connectivity index (χ2n) is 8.61. The van der Waals surface area contributed by atoms with Gasteiger partial charge in [0, 0.05) is 27.9 Å². The minimum atomic E-state index is -0.265. The lowest BCUT2D eigenvalue weighted by Crippen LogP contribution is -2.14. The van der Waals surface area contributed by atoms with Crippen LogP contribution >= 0.6 is 0 Å². The lowest BCUT2D eigenvalue weighted by molar-refractivity contribution is 0.102. The summed E-state index contributed by atoms with van der Waals surface area (Å²) in [4.78, 5) is 30.9. The topological polar surface area (TPSA) is 80.3 Å². The number of benzene rings is 4. The Bertz CT molecular complexity index is 1600. The number of anilines is 2. The number of rotatable bonds is 6. The Labute approximate surface area is 215 Å². The Morgan fingerprint density at radius 3 is 2.11 bits per heavy atom. The fourth-order valence-electron chi connectivity index (χ4n) is 4.16. The van der Waals surface area contributed by atoms with Crippen molar-refractivity contribution in [2.24, 2.45) is 0 Å². The number of carbonyl (C=O) groups is 2. The molecule has 1 heterocycles. The van der Waals surface area contributed by atoms with Gasteiger partial charge in [-0.25, -0.2) is 4.98 Å². The molecule has 0 aliphatic carbocycles. The SMILES string of the molecule is COc1ccc(-c2cc(C(=O)Nc3cccc(NC(=O)c4ccccc4)c3)c3cccc(C)c3n2)cc1. The summed E-state index contributed by atoms with van der Waals surface area (Å²) in [6.45, 7) is 1.98. The average molecular weight is 488 g/mol. The van der Waals surface area contributed by atoms with Crippen molar-refractivity contribution in [3.05, 3.63) is 120 Å². The maximum atomic E-state index is 13.5. The number of amides is 2. The molecule has 0 aliphatic rings. The third-order valence-electron chi connectivity index (χ3n) is 6.09. The summed E-state index contributed by atoms with van der Waals surface area (Å²) in [5.74, 6) is 0.265. The quantitative estimate of drug-likeness (QED) is 0.278. The highest BCUT2D eigenvalue weighted by Crippen LogP contribution is 2.29. The Hall–Kier alpha value is -4.97. The first-order chi connectivity index (χ1) is 18.0. The van der Waals surface area contributed by atoms with Crippen molar-refractivity contribution in [3.63, 3.8) is 0 Å². The van der Waals surface area contributed by atoms with Gasteiger partial charge in [-0.3, -0.25) is 9.59 Å². The van der Waals surface area contributed by atoms with Crippen molar-refractivity contribution >= 4 is 34.1 Å². The number of fused-ring (bicyclic) bond motifs is 1. The van der Waals surface area contributed by atoms with Crippen LogP contribution in [0.15, 0.2) is 103 Å². The van der Waals surface area contributed by atoms with Crippen molar-refractivity contribution in [2.75, 3.05) is 17.7 Å². The molecule has 0 saturated carbocycles. The van der Waals surface area contributed by atoms with Crippen molar-refractivity contribution in [1.29, 1.82) is 0 Å². The van der Waals surface area contributed by atoms with Crippen LogP contribution in [-0.2, 0) is 0 Å². The van der Waals surface area contributed by atoms with Gasteiger partial charge in [-0.1, -0.05) is 42.5 Å². The molecule has 5 rings (SSSR count). The first-order valence-corrected chi connectivity index (χ1v) is 11.8. The maximum absolute atomic E-state index is 13.5. The number of aromatic nitrogens is 1. The largest absolute Gasteiger partial charge is 0.497 e. The molecule has 182 valence electrons. The van der Waals surface area contributed by atoms with E-state index in [1.807, 2.05) is 67.6 Å². The standard InChI is InChI=1S/C31H25N3O3/c1-20-8-6-13-26-27(19-28(34-29(20)26)21-14-16-25(37-2)17-15-21)31(36)33-24-12-7-11-23(18-24)32-30(35)22-9-4-3-5-10-22/h3-19H,1-2H3,(H,32,35)(H,33,36). The molecule has 2 N–H and O–H groups in total. The second kappa shape index (κ2) is 10.3. The monoisotopic (exact) mass is 487 g/mol. The molecule has 1 aromatic heterocycles. The Morgan fingerprint density at radius 2 is 1.41 bits per heavy atom. The number of nitrogens with zero attached hydrogens (tertiary/aromatic N) is 1. The molecule has 5 aromatic rings. The number of hydrogen-bond acceptors (Lipinski definition) is 4. The van der Waals surface area contributed by atoms with Gasteiger partial charge in [0.1, 0.15) is 5.75 Å². The van der Waals surface area contributed by atoms with E-state index in [1.165, 1.54) is 0 Å². The molecule has 37 heavy (non-hydrogen) atoms. The van der Waals surface area contributed by atoms with E-state index < -0.39 is 0 Å². The summed E-state index contributed by atoms with van der Waals surface area (Å²) in [5.41, 5.74) is 5.54. The van der Waals surface area contributed by atoms with Gasteiger partial charge in [0.15, 0.2) is 0 Å². The van der Waals surface area contributed by atoms with Crippen LogP contribution in [0.3, 0.4) is 0 Å². The van der Waals surface area contributed by atoms with E-state index in [1.54, 1.807) is 49.6 Å². The lowest BCUT2D eigenvalue weighted by Gasteiger charge is -2.13. The number of methoxy groups -OCH3 is 1. The normalized spacial score (nSPS) is 10.6. The molecule has 0 spiro atoms. The van der Waals surface area contributed by atoms with E-state index in [-0.39, 0.29) is 11.8 Å². The molecule has 0 bridgehead atoms. The first-order valence-electron chi connectivity index (χ1n) is 11.8. The summed E-state index contributed by atoms with van der Waals surface area (Å²) in [5, 5.41) is 6.63. The van der Waals surface area contributed by atoms with E-state index in [0.29, 0.717) is 28.2 Å². The number of para-hydroxylation sites is 1. The fourth-order valence-corrected chi connectivity index (χ4v) is 4.16. The van der Waals surface area contributed by atoms with Crippen LogP contribution in [0.25, 0.3) is 22.2 Å². The molecular weight excluding hydrogens is 462 g/mol. The predicted octanol–water partition coefficient (Wildman–Crippen LogP) is 6.72. The molecular formula is C31H25N3O3. The average Bonchev–Trinajstić information content (AvgIpc) is 2.93. The Balaban J connectivity index is 1.46. The zero-order chi connectivity index (χ0) is 25.8. The van der Waals surface area contributed by atoms with Gasteiger partial charge in [0.05, 0.1) is 23.9 Å². The second-order valence-corrected chi connectivity index (χ2v) is 8.61. The number of nitrogens with one attached hydrogen (secondary N) is 2. The zero-order valence-corrected chi connectivity index (χ0v) is 20.5. The molecule has 0 fully saturated rings. The lowest BCUT2D eigenvalue weighted by atomic mass is 10.0. The van der Waals surface area contributed by atoms with Gasteiger partial charge in [-0.2, -0.15) is 0 Å². The highest BCUT2D eigenvalue weighted by molar-refractivity contribution is 6.13. The zero-order valence-electron chi connectivity index (χ0n) is 20.5. The van der Waals surface area contributed by atoms with Crippen LogP contribution in [0.4, 0.5) is 11.4 Å². The van der Waals surface area contributed by atoms with Gasteiger partial charge in [0.25, 0.3) is 11.8 Å². The van der Waals surface area contributed by atoms with Crippen LogP contribution in [0.1, 0.15) is 26.3 Å². The number of pyridine rings is 1. The third kappa shape index (κ3) is 5.18. The molecule has 4 aromatic carbocycles. The number of ether oxygens (including phenoxy) is 1. The van der Waals surface area contributed by atoms with E-state index in [4.69, 9.17) is 9.72 Å². The van der Waals surface area contributed by atoms with Gasteiger partial charge in [-0.15, -0.1) is 0 Å². The number of aryl methyl sites for hydroxylation is 1. The molecule has 0 unspecified atom stereocenters. The van der Waals surface area contributed by atoms with Crippen LogP contribution in [0.2, 0.25) is 0 Å². The highest BCUT2D eigenvalue weighted by atomic mass is 16.5. The predicted molar refractivity (Wildman–Crippen MR) is 147 cm³/mol.